The van der Waals surface area contributed by atoms with Gasteiger partial charge in [-0.05, 0) is 62.1 Å². The van der Waals surface area contributed by atoms with E-state index in [0.29, 0.717) is 30.7 Å². The van der Waals surface area contributed by atoms with Gasteiger partial charge in [-0.25, -0.2) is 4.79 Å². The van der Waals surface area contributed by atoms with Crippen LogP contribution in [0, 0.1) is 11.3 Å². The van der Waals surface area contributed by atoms with Crippen LogP contribution in [0.1, 0.15) is 44.2 Å². The molecule has 1 spiro atoms. The van der Waals surface area contributed by atoms with E-state index in [9.17, 15) is 18.0 Å². The fraction of sp³-hybridized carbons (Fsp3) is 0.522. The van der Waals surface area contributed by atoms with E-state index < -0.39 is 12.1 Å². The van der Waals surface area contributed by atoms with Crippen LogP contribution in [-0.4, -0.2) is 40.7 Å². The lowest BCUT2D eigenvalue weighted by molar-refractivity contribution is -0.192. The van der Waals surface area contributed by atoms with Crippen molar-refractivity contribution in [2.24, 2.45) is 17.1 Å². The molecule has 4 N–H and O–H groups in total. The predicted octanol–water partition coefficient (Wildman–Crippen LogP) is 3.82. The summed E-state index contributed by atoms with van der Waals surface area (Å²) in [6, 6.07) is 12.5. The Balaban J connectivity index is 0.000000360. The number of carbonyl (C=O) groups excluding carboxylic acids is 1. The van der Waals surface area contributed by atoms with Crippen molar-refractivity contribution in [1.82, 2.24) is 10.3 Å². The minimum atomic E-state index is -5.08. The molecule has 2 fully saturated rings. The molecule has 0 saturated heterocycles. The number of aliphatic carboxylic acids is 1. The number of hydrogen-bond donors (Lipinski definition) is 3. The molecular weight excluding hydrogens is 423 g/mol. The molecule has 2 atom stereocenters. The molecule has 174 valence electrons. The molecule has 4 rings (SSSR count). The number of aromatic nitrogens is 1. The minimum absolute atomic E-state index is 0.145. The van der Waals surface area contributed by atoms with Gasteiger partial charge in [0.1, 0.15) is 0 Å². The number of nitrogens with zero attached hydrogens (tertiary/aromatic N) is 1. The standard InChI is InChI=1S/C21H27N3O.C2HF3O2/c22-14-16-10-13-21(11-3-12-21)20(16)24-19(25)9-8-17-7-6-15-4-1-2-5-18(15)23-17;3-2(4,5)1(6)7/h1-2,4-7,16,20H,3,8-14,22H2,(H,24,25);(H,6,7). The predicted molar refractivity (Wildman–Crippen MR) is 114 cm³/mol. The molecule has 2 aliphatic carbocycles. The topological polar surface area (TPSA) is 105 Å². The van der Waals surface area contributed by atoms with Gasteiger partial charge in [-0.3, -0.25) is 9.78 Å². The third kappa shape index (κ3) is 5.56. The number of hydrogen-bond acceptors (Lipinski definition) is 4. The number of alkyl halides is 3. The summed E-state index contributed by atoms with van der Waals surface area (Å²) in [7, 11) is 0. The first-order valence-corrected chi connectivity index (χ1v) is 10.8. The molecule has 1 aromatic heterocycles. The zero-order valence-electron chi connectivity index (χ0n) is 17.7. The SMILES string of the molecule is NCC1CCC2(CCC2)C1NC(=O)CCc1ccc2ccccc2n1.O=C(O)C(F)(F)F. The normalized spacial score (nSPS) is 21.5. The summed E-state index contributed by atoms with van der Waals surface area (Å²) in [6.07, 6.45) is 2.28. The summed E-state index contributed by atoms with van der Waals surface area (Å²) in [5.41, 5.74) is 8.28. The lowest BCUT2D eigenvalue weighted by Crippen LogP contribution is -2.52. The fourth-order valence-electron chi connectivity index (χ4n) is 4.75. The summed E-state index contributed by atoms with van der Waals surface area (Å²) >= 11 is 0. The van der Waals surface area contributed by atoms with Gasteiger partial charge < -0.3 is 16.2 Å². The van der Waals surface area contributed by atoms with Gasteiger partial charge in [0.25, 0.3) is 0 Å². The van der Waals surface area contributed by atoms with Crippen LogP contribution >= 0.6 is 0 Å². The molecule has 2 unspecified atom stereocenters. The molecule has 1 aromatic carbocycles. The van der Waals surface area contributed by atoms with Gasteiger partial charge in [-0.2, -0.15) is 13.2 Å². The average molecular weight is 451 g/mol. The number of carboxylic acid groups (broad SMARTS) is 1. The van der Waals surface area contributed by atoms with Crippen LogP contribution in [0.15, 0.2) is 36.4 Å². The van der Waals surface area contributed by atoms with Crippen molar-refractivity contribution in [1.29, 1.82) is 0 Å². The number of nitrogens with one attached hydrogen (secondary N) is 1. The lowest BCUT2D eigenvalue weighted by atomic mass is 9.64. The summed E-state index contributed by atoms with van der Waals surface area (Å²) < 4.78 is 31.7. The van der Waals surface area contributed by atoms with Crippen LogP contribution in [0.25, 0.3) is 10.9 Å². The van der Waals surface area contributed by atoms with E-state index in [2.05, 4.69) is 22.4 Å². The molecule has 1 heterocycles. The van der Waals surface area contributed by atoms with E-state index in [-0.39, 0.29) is 11.9 Å². The number of carbonyl (C=O) groups is 2. The fourth-order valence-corrected chi connectivity index (χ4v) is 4.75. The number of amides is 1. The van der Waals surface area contributed by atoms with Crippen molar-refractivity contribution in [2.75, 3.05) is 6.54 Å². The van der Waals surface area contributed by atoms with Crippen LogP contribution in [0.3, 0.4) is 0 Å². The Kier molecular flexibility index (Phi) is 7.38. The van der Waals surface area contributed by atoms with E-state index in [4.69, 9.17) is 15.6 Å². The van der Waals surface area contributed by atoms with Crippen LogP contribution in [0.2, 0.25) is 0 Å². The number of benzene rings is 1. The maximum absolute atomic E-state index is 12.5. The number of pyridine rings is 1. The summed E-state index contributed by atoms with van der Waals surface area (Å²) in [5, 5.41) is 11.6. The number of para-hydroxylation sites is 1. The Morgan fingerprint density at radius 1 is 1.16 bits per heavy atom. The maximum atomic E-state index is 12.5. The smallest absolute Gasteiger partial charge is 0.475 e. The second kappa shape index (κ2) is 9.85. The highest BCUT2D eigenvalue weighted by atomic mass is 19.4. The van der Waals surface area contributed by atoms with Gasteiger partial charge in [0.05, 0.1) is 5.52 Å². The van der Waals surface area contributed by atoms with Crippen LogP contribution in [0.5, 0.6) is 0 Å². The molecule has 0 bridgehead atoms. The van der Waals surface area contributed by atoms with Crippen LogP contribution < -0.4 is 11.1 Å². The Morgan fingerprint density at radius 2 is 1.84 bits per heavy atom. The Labute approximate surface area is 184 Å². The molecule has 9 heteroatoms. The number of carboxylic acids is 1. The quantitative estimate of drug-likeness (QED) is 0.641. The number of fused-ring (bicyclic) bond motifs is 1. The Morgan fingerprint density at radius 3 is 2.44 bits per heavy atom. The zero-order valence-corrected chi connectivity index (χ0v) is 17.7. The lowest BCUT2D eigenvalue weighted by Gasteiger charge is -2.45. The third-order valence-corrected chi connectivity index (χ3v) is 6.62. The first kappa shape index (κ1) is 24.0. The second-order valence-corrected chi connectivity index (χ2v) is 8.59. The molecular formula is C23H28F3N3O3. The molecule has 2 aliphatic rings. The first-order chi connectivity index (χ1) is 15.1. The third-order valence-electron chi connectivity index (χ3n) is 6.62. The Bertz CT molecular complexity index is 960. The van der Waals surface area contributed by atoms with Crippen molar-refractivity contribution in [3.63, 3.8) is 0 Å². The van der Waals surface area contributed by atoms with E-state index in [0.717, 1.165) is 23.0 Å². The van der Waals surface area contributed by atoms with E-state index >= 15 is 0 Å². The molecule has 2 saturated carbocycles. The highest BCUT2D eigenvalue weighted by molar-refractivity contribution is 5.79. The number of nitrogens with two attached hydrogens (primary N) is 1. The van der Waals surface area contributed by atoms with Crippen molar-refractivity contribution in [2.45, 2.75) is 57.2 Å². The number of halogens is 3. The Hall–Kier alpha value is -2.68. The van der Waals surface area contributed by atoms with Crippen LogP contribution in [-0.2, 0) is 16.0 Å². The molecule has 0 radical (unpaired) electrons. The van der Waals surface area contributed by atoms with Crippen molar-refractivity contribution in [3.05, 3.63) is 42.1 Å². The average Bonchev–Trinajstić information content (AvgIpc) is 3.10. The molecule has 1 amide bonds. The van der Waals surface area contributed by atoms with Crippen molar-refractivity contribution in [3.8, 4) is 0 Å². The highest BCUT2D eigenvalue weighted by Crippen LogP contribution is 2.55. The molecule has 6 nitrogen and oxygen atoms in total. The van der Waals surface area contributed by atoms with E-state index in [1.165, 1.54) is 25.7 Å². The van der Waals surface area contributed by atoms with Gasteiger partial charge in [0.2, 0.25) is 5.91 Å². The van der Waals surface area contributed by atoms with Crippen molar-refractivity contribution >= 4 is 22.8 Å². The highest BCUT2D eigenvalue weighted by Gasteiger charge is 2.51. The largest absolute Gasteiger partial charge is 0.490 e. The number of rotatable bonds is 5. The zero-order chi connectivity index (χ0) is 23.4. The maximum Gasteiger partial charge on any atom is 0.490 e. The van der Waals surface area contributed by atoms with Gasteiger partial charge in [-0.1, -0.05) is 30.7 Å². The molecule has 0 aliphatic heterocycles. The second-order valence-electron chi connectivity index (χ2n) is 8.59. The molecule has 2 aromatic rings. The van der Waals surface area contributed by atoms with Gasteiger partial charge in [0, 0.05) is 23.5 Å². The van der Waals surface area contributed by atoms with E-state index in [1.807, 2.05) is 24.3 Å². The van der Waals surface area contributed by atoms with Gasteiger partial charge in [-0.15, -0.1) is 0 Å². The van der Waals surface area contributed by atoms with Gasteiger partial charge in [0.15, 0.2) is 0 Å². The summed E-state index contributed by atoms with van der Waals surface area (Å²) in [4.78, 5) is 26.1. The summed E-state index contributed by atoms with van der Waals surface area (Å²) in [6.45, 7) is 0.679. The monoisotopic (exact) mass is 451 g/mol. The van der Waals surface area contributed by atoms with Crippen molar-refractivity contribution < 1.29 is 27.9 Å². The summed E-state index contributed by atoms with van der Waals surface area (Å²) in [5.74, 6) is -2.16. The minimum Gasteiger partial charge on any atom is -0.475 e. The first-order valence-electron chi connectivity index (χ1n) is 10.8. The van der Waals surface area contributed by atoms with Crippen LogP contribution in [0.4, 0.5) is 13.2 Å². The molecule has 32 heavy (non-hydrogen) atoms. The number of aryl methyl sites for hydroxylation is 1. The van der Waals surface area contributed by atoms with E-state index in [1.54, 1.807) is 0 Å². The van der Waals surface area contributed by atoms with Gasteiger partial charge >= 0.3 is 12.1 Å².